The molecule has 0 aliphatic carbocycles. The average molecular weight is 333 g/mol. The molecule has 1 aromatic rings. The van der Waals surface area contributed by atoms with Crippen LogP contribution in [0.5, 0.6) is 0 Å². The number of hydrogen-bond acceptors (Lipinski definition) is 5. The lowest BCUT2D eigenvalue weighted by Crippen LogP contribution is -2.44. The van der Waals surface area contributed by atoms with Gasteiger partial charge in [0.2, 0.25) is 0 Å². The molecule has 0 radical (unpaired) electrons. The van der Waals surface area contributed by atoms with Crippen molar-refractivity contribution in [3.63, 3.8) is 0 Å². The number of hydrogen-bond donors (Lipinski definition) is 1. The Labute approximate surface area is 145 Å². The van der Waals surface area contributed by atoms with Crippen molar-refractivity contribution < 1.29 is 9.84 Å². The largest absolute Gasteiger partial charge is 0.396 e. The fourth-order valence-corrected chi connectivity index (χ4v) is 3.90. The highest BCUT2D eigenvalue weighted by Crippen LogP contribution is 2.38. The van der Waals surface area contributed by atoms with Gasteiger partial charge >= 0.3 is 0 Å². The van der Waals surface area contributed by atoms with Crippen molar-refractivity contribution in [1.29, 1.82) is 0 Å². The topological polar surface area (TPSA) is 58.5 Å². The van der Waals surface area contributed by atoms with E-state index in [4.69, 9.17) is 4.74 Å². The number of piperidine rings is 1. The van der Waals surface area contributed by atoms with Crippen LogP contribution in [-0.2, 0) is 4.74 Å². The molecule has 2 aliphatic heterocycles. The van der Waals surface area contributed by atoms with Crippen LogP contribution in [0.3, 0.4) is 0 Å². The van der Waals surface area contributed by atoms with E-state index in [2.05, 4.69) is 41.1 Å². The third kappa shape index (κ3) is 4.06. The number of ether oxygens (including phenoxy) is 1. The maximum atomic E-state index is 10.0. The van der Waals surface area contributed by atoms with Crippen LogP contribution in [0.1, 0.15) is 64.0 Å². The van der Waals surface area contributed by atoms with Crippen LogP contribution in [-0.4, -0.2) is 47.7 Å². The average Bonchev–Trinajstić information content (AvgIpc) is 2.63. The molecule has 0 aromatic carbocycles. The minimum atomic E-state index is 0.0177. The SMILES string of the molecule is CC(C)c1ccc(N2CCC(CO)(CC3CCCCO3)CC2)nn1. The first-order valence-corrected chi connectivity index (χ1v) is 9.43. The first-order chi connectivity index (χ1) is 11.6. The maximum Gasteiger partial charge on any atom is 0.151 e. The third-order valence-electron chi connectivity index (χ3n) is 5.68. The quantitative estimate of drug-likeness (QED) is 0.897. The normalized spacial score (nSPS) is 24.3. The minimum absolute atomic E-state index is 0.0177. The van der Waals surface area contributed by atoms with E-state index < -0.39 is 0 Å². The van der Waals surface area contributed by atoms with E-state index in [1.165, 1.54) is 12.8 Å². The second kappa shape index (κ2) is 7.79. The van der Waals surface area contributed by atoms with E-state index >= 15 is 0 Å². The van der Waals surface area contributed by atoms with Crippen LogP contribution in [0.25, 0.3) is 0 Å². The number of rotatable bonds is 5. The van der Waals surface area contributed by atoms with Gasteiger partial charge in [-0.15, -0.1) is 5.10 Å². The van der Waals surface area contributed by atoms with Gasteiger partial charge in [-0.05, 0) is 62.0 Å². The van der Waals surface area contributed by atoms with Crippen molar-refractivity contribution in [3.05, 3.63) is 17.8 Å². The molecule has 1 atom stereocenters. The Hall–Kier alpha value is -1.20. The minimum Gasteiger partial charge on any atom is -0.396 e. The molecule has 2 saturated heterocycles. The standard InChI is InChI=1S/C19H31N3O2/c1-15(2)17-6-7-18(21-20-17)22-10-8-19(14-23,9-11-22)13-16-5-3-4-12-24-16/h6-7,15-16,23H,3-5,8-14H2,1-2H3. The fourth-order valence-electron chi connectivity index (χ4n) is 3.90. The van der Waals surface area contributed by atoms with Gasteiger partial charge in [-0.1, -0.05) is 13.8 Å². The molecule has 5 heteroatoms. The van der Waals surface area contributed by atoms with E-state index in [1.54, 1.807) is 0 Å². The number of nitrogens with zero attached hydrogens (tertiary/aromatic N) is 3. The molecule has 1 unspecified atom stereocenters. The molecule has 3 rings (SSSR count). The predicted octanol–water partition coefficient (Wildman–Crippen LogP) is 3.14. The van der Waals surface area contributed by atoms with Crippen LogP contribution in [0, 0.1) is 5.41 Å². The zero-order valence-electron chi connectivity index (χ0n) is 15.1. The lowest BCUT2D eigenvalue weighted by molar-refractivity contribution is -0.0355. The van der Waals surface area contributed by atoms with Crippen LogP contribution in [0.2, 0.25) is 0 Å². The Bertz CT molecular complexity index is 504. The van der Waals surface area contributed by atoms with Crippen molar-refractivity contribution in [2.75, 3.05) is 31.2 Å². The predicted molar refractivity (Wildman–Crippen MR) is 95.3 cm³/mol. The summed E-state index contributed by atoms with van der Waals surface area (Å²) in [6.45, 7) is 7.28. The van der Waals surface area contributed by atoms with Gasteiger partial charge in [0.05, 0.1) is 11.8 Å². The summed E-state index contributed by atoms with van der Waals surface area (Å²) in [7, 11) is 0. The Kier molecular flexibility index (Phi) is 5.72. The highest BCUT2D eigenvalue weighted by atomic mass is 16.5. The summed E-state index contributed by atoms with van der Waals surface area (Å²) >= 11 is 0. The number of anilines is 1. The molecule has 0 spiro atoms. The number of aliphatic hydroxyl groups excluding tert-OH is 1. The van der Waals surface area contributed by atoms with Crippen molar-refractivity contribution in [2.45, 2.75) is 64.4 Å². The molecule has 24 heavy (non-hydrogen) atoms. The molecule has 2 fully saturated rings. The molecule has 2 aliphatic rings. The molecule has 0 saturated carbocycles. The molecule has 0 bridgehead atoms. The molecule has 5 nitrogen and oxygen atoms in total. The molecular weight excluding hydrogens is 302 g/mol. The van der Waals surface area contributed by atoms with Crippen LogP contribution >= 0.6 is 0 Å². The molecular formula is C19H31N3O2. The molecule has 1 N–H and O–H groups in total. The second-order valence-corrected chi connectivity index (χ2v) is 7.81. The maximum absolute atomic E-state index is 10.0. The number of aromatic nitrogens is 2. The summed E-state index contributed by atoms with van der Waals surface area (Å²) in [6.07, 6.45) is 6.91. The molecule has 1 aromatic heterocycles. The lowest BCUT2D eigenvalue weighted by Gasteiger charge is -2.43. The summed E-state index contributed by atoms with van der Waals surface area (Å²) in [6, 6.07) is 4.16. The zero-order valence-corrected chi connectivity index (χ0v) is 15.1. The van der Waals surface area contributed by atoms with Gasteiger partial charge < -0.3 is 14.7 Å². The Balaban J connectivity index is 1.58. The van der Waals surface area contributed by atoms with E-state index in [-0.39, 0.29) is 12.0 Å². The van der Waals surface area contributed by atoms with Gasteiger partial charge in [-0.2, -0.15) is 5.10 Å². The van der Waals surface area contributed by atoms with Crippen molar-refractivity contribution in [1.82, 2.24) is 10.2 Å². The summed E-state index contributed by atoms with van der Waals surface area (Å²) < 4.78 is 5.91. The van der Waals surface area contributed by atoms with Crippen molar-refractivity contribution >= 4 is 5.82 Å². The Morgan fingerprint density at radius 3 is 2.58 bits per heavy atom. The summed E-state index contributed by atoms with van der Waals surface area (Å²) in [4.78, 5) is 2.30. The monoisotopic (exact) mass is 333 g/mol. The van der Waals surface area contributed by atoms with Crippen LogP contribution in [0.15, 0.2) is 12.1 Å². The van der Waals surface area contributed by atoms with Crippen molar-refractivity contribution in [2.24, 2.45) is 5.41 Å². The van der Waals surface area contributed by atoms with Crippen LogP contribution in [0.4, 0.5) is 5.82 Å². The smallest absolute Gasteiger partial charge is 0.151 e. The van der Waals surface area contributed by atoms with Gasteiger partial charge in [0, 0.05) is 26.3 Å². The molecule has 0 amide bonds. The Morgan fingerprint density at radius 2 is 2.04 bits per heavy atom. The number of aliphatic hydroxyl groups is 1. The van der Waals surface area contributed by atoms with E-state index in [0.717, 1.165) is 56.9 Å². The lowest BCUT2D eigenvalue weighted by atomic mass is 9.74. The fraction of sp³-hybridized carbons (Fsp3) is 0.789. The van der Waals surface area contributed by atoms with Gasteiger partial charge in [-0.3, -0.25) is 0 Å². The van der Waals surface area contributed by atoms with E-state index in [1.807, 2.05) is 0 Å². The van der Waals surface area contributed by atoms with Crippen LogP contribution < -0.4 is 4.90 Å². The highest BCUT2D eigenvalue weighted by Gasteiger charge is 2.37. The van der Waals surface area contributed by atoms with Crippen molar-refractivity contribution in [3.8, 4) is 0 Å². The summed E-state index contributed by atoms with van der Waals surface area (Å²) in [5.74, 6) is 1.37. The van der Waals surface area contributed by atoms with Gasteiger partial charge in [0.1, 0.15) is 0 Å². The first-order valence-electron chi connectivity index (χ1n) is 9.43. The highest BCUT2D eigenvalue weighted by molar-refractivity contribution is 5.38. The summed E-state index contributed by atoms with van der Waals surface area (Å²) in [5, 5.41) is 18.8. The van der Waals surface area contributed by atoms with E-state index in [0.29, 0.717) is 12.0 Å². The third-order valence-corrected chi connectivity index (χ3v) is 5.68. The van der Waals surface area contributed by atoms with E-state index in [9.17, 15) is 5.11 Å². The van der Waals surface area contributed by atoms with Gasteiger partial charge in [-0.25, -0.2) is 0 Å². The first kappa shape index (κ1) is 17.6. The second-order valence-electron chi connectivity index (χ2n) is 7.81. The zero-order chi connectivity index (χ0) is 17.0. The Morgan fingerprint density at radius 1 is 1.25 bits per heavy atom. The van der Waals surface area contributed by atoms with Gasteiger partial charge in [0.15, 0.2) is 5.82 Å². The molecule has 3 heterocycles. The van der Waals surface area contributed by atoms with Gasteiger partial charge in [0.25, 0.3) is 0 Å². The summed E-state index contributed by atoms with van der Waals surface area (Å²) in [5.41, 5.74) is 1.05. The molecule has 134 valence electrons.